The van der Waals surface area contributed by atoms with Gasteiger partial charge in [-0.25, -0.2) is 4.39 Å². The summed E-state index contributed by atoms with van der Waals surface area (Å²) in [4.78, 5) is 23.5. The molecule has 0 aliphatic carbocycles. The zero-order valence-electron chi connectivity index (χ0n) is 13.7. The summed E-state index contributed by atoms with van der Waals surface area (Å²) in [5.74, 6) is 0.0839. The third-order valence-corrected chi connectivity index (χ3v) is 3.97. The lowest BCUT2D eigenvalue weighted by atomic mass is 10.1. The van der Waals surface area contributed by atoms with Crippen LogP contribution < -0.4 is 15.4 Å². The molecule has 0 aromatic heterocycles. The molecule has 25 heavy (non-hydrogen) atoms. The van der Waals surface area contributed by atoms with Crippen LogP contribution in [0, 0.1) is 5.82 Å². The maximum Gasteiger partial charge on any atom is 0.227 e. The summed E-state index contributed by atoms with van der Waals surface area (Å²) in [5.41, 5.74) is 1.99. The van der Waals surface area contributed by atoms with E-state index >= 15 is 0 Å². The number of ether oxygens (including phenoxy) is 1. The molecule has 0 bridgehead atoms. The Morgan fingerprint density at radius 2 is 2.08 bits per heavy atom. The molecule has 1 aliphatic rings. The predicted octanol–water partition coefficient (Wildman–Crippen LogP) is 2.80. The molecule has 1 aliphatic heterocycles. The van der Waals surface area contributed by atoms with Crippen molar-refractivity contribution in [3.63, 3.8) is 0 Å². The molecule has 0 saturated carbocycles. The van der Waals surface area contributed by atoms with Crippen molar-refractivity contribution in [2.24, 2.45) is 0 Å². The summed E-state index contributed by atoms with van der Waals surface area (Å²) in [6, 6.07) is 11.9. The highest BCUT2D eigenvalue weighted by Crippen LogP contribution is 2.28. The summed E-state index contributed by atoms with van der Waals surface area (Å²) in [6.45, 7) is 0.685. The van der Waals surface area contributed by atoms with E-state index in [1.165, 1.54) is 6.07 Å². The van der Waals surface area contributed by atoms with E-state index in [0.717, 1.165) is 5.56 Å². The van der Waals surface area contributed by atoms with E-state index in [2.05, 4.69) is 10.6 Å². The molecule has 1 heterocycles. The molecule has 2 N–H and O–H groups in total. The van der Waals surface area contributed by atoms with Crippen molar-refractivity contribution in [2.75, 3.05) is 11.9 Å². The lowest BCUT2D eigenvalue weighted by Crippen LogP contribution is -2.23. The summed E-state index contributed by atoms with van der Waals surface area (Å²) < 4.78 is 19.0. The maximum atomic E-state index is 13.5. The van der Waals surface area contributed by atoms with Crippen LogP contribution in [0.3, 0.4) is 0 Å². The minimum Gasteiger partial charge on any atom is -0.491 e. The molecule has 2 amide bonds. The van der Waals surface area contributed by atoms with Gasteiger partial charge in [-0.1, -0.05) is 24.3 Å². The second kappa shape index (κ2) is 7.79. The number of carbonyl (C=O) groups excluding carboxylic acids is 2. The second-order valence-corrected chi connectivity index (χ2v) is 5.85. The fourth-order valence-corrected chi connectivity index (χ4v) is 2.62. The van der Waals surface area contributed by atoms with Crippen molar-refractivity contribution in [3.05, 3.63) is 59.4 Å². The first kappa shape index (κ1) is 17.0. The summed E-state index contributed by atoms with van der Waals surface area (Å²) >= 11 is 0. The summed E-state index contributed by atoms with van der Waals surface area (Å²) in [7, 11) is 0. The molecular formula is C19H19FN2O3. The molecule has 0 unspecified atom stereocenters. The van der Waals surface area contributed by atoms with Gasteiger partial charge in [0, 0.05) is 13.0 Å². The Balaban J connectivity index is 1.54. The number of carbonyl (C=O) groups is 2. The maximum absolute atomic E-state index is 13.5. The average Bonchev–Trinajstić information content (AvgIpc) is 2.79. The van der Waals surface area contributed by atoms with E-state index in [-0.39, 0.29) is 24.1 Å². The van der Waals surface area contributed by atoms with E-state index in [4.69, 9.17) is 4.74 Å². The van der Waals surface area contributed by atoms with Gasteiger partial charge < -0.3 is 15.4 Å². The Kier molecular flexibility index (Phi) is 5.28. The van der Waals surface area contributed by atoms with Crippen molar-refractivity contribution in [1.29, 1.82) is 0 Å². The molecule has 2 aromatic carbocycles. The first-order valence-corrected chi connectivity index (χ1v) is 8.17. The molecule has 0 fully saturated rings. The standard InChI is InChI=1S/C19H19FN2O3/c20-15-4-2-1-3-14(15)6-8-18(23)21-12-13-5-7-17-16(11-13)22-19(24)9-10-25-17/h1-5,7,11H,6,8-10,12H2,(H,21,23)(H,22,24). The smallest absolute Gasteiger partial charge is 0.227 e. The Hall–Kier alpha value is -2.89. The Morgan fingerprint density at radius 3 is 2.92 bits per heavy atom. The molecule has 0 spiro atoms. The number of aryl methyl sites for hydroxylation is 1. The van der Waals surface area contributed by atoms with E-state index in [9.17, 15) is 14.0 Å². The fourth-order valence-electron chi connectivity index (χ4n) is 2.62. The largest absolute Gasteiger partial charge is 0.491 e. The zero-order chi connectivity index (χ0) is 17.6. The monoisotopic (exact) mass is 342 g/mol. The number of benzene rings is 2. The number of hydrogen-bond acceptors (Lipinski definition) is 3. The summed E-state index contributed by atoms with van der Waals surface area (Å²) in [5, 5.41) is 5.59. The fraction of sp³-hybridized carbons (Fsp3) is 0.263. The van der Waals surface area contributed by atoms with Gasteiger partial charge in [0.1, 0.15) is 11.6 Å². The van der Waals surface area contributed by atoms with Crippen LogP contribution in [0.5, 0.6) is 5.75 Å². The van der Waals surface area contributed by atoms with Gasteiger partial charge in [-0.15, -0.1) is 0 Å². The molecule has 0 saturated heterocycles. The molecule has 0 radical (unpaired) electrons. The van der Waals surface area contributed by atoms with Crippen LogP contribution in [0.4, 0.5) is 10.1 Å². The van der Waals surface area contributed by atoms with Gasteiger partial charge >= 0.3 is 0 Å². The van der Waals surface area contributed by atoms with E-state index in [0.29, 0.717) is 43.0 Å². The third-order valence-electron chi connectivity index (χ3n) is 3.97. The number of halogens is 1. The normalized spacial score (nSPS) is 13.2. The minimum atomic E-state index is -0.295. The second-order valence-electron chi connectivity index (χ2n) is 5.85. The Morgan fingerprint density at radius 1 is 1.24 bits per heavy atom. The quantitative estimate of drug-likeness (QED) is 0.878. The van der Waals surface area contributed by atoms with E-state index in [1.807, 2.05) is 6.07 Å². The van der Waals surface area contributed by atoms with Crippen LogP contribution in [0.15, 0.2) is 42.5 Å². The van der Waals surface area contributed by atoms with Gasteiger partial charge in [0.2, 0.25) is 11.8 Å². The highest BCUT2D eigenvalue weighted by Gasteiger charge is 2.14. The van der Waals surface area contributed by atoms with Gasteiger partial charge in [0.15, 0.2) is 0 Å². The average molecular weight is 342 g/mol. The molecule has 0 atom stereocenters. The van der Waals surface area contributed by atoms with Crippen LogP contribution in [0.2, 0.25) is 0 Å². The number of anilines is 1. The number of rotatable bonds is 5. The molecule has 6 heteroatoms. The topological polar surface area (TPSA) is 67.4 Å². The summed E-state index contributed by atoms with van der Waals surface area (Å²) in [6.07, 6.45) is 0.884. The predicted molar refractivity (Wildman–Crippen MR) is 91.8 cm³/mol. The van der Waals surface area contributed by atoms with Crippen molar-refractivity contribution in [2.45, 2.75) is 25.8 Å². The van der Waals surface area contributed by atoms with Gasteiger partial charge in [-0.3, -0.25) is 9.59 Å². The molecular weight excluding hydrogens is 323 g/mol. The van der Waals surface area contributed by atoms with Crippen LogP contribution in [-0.2, 0) is 22.6 Å². The lowest BCUT2D eigenvalue weighted by Gasteiger charge is -2.10. The lowest BCUT2D eigenvalue weighted by molar-refractivity contribution is -0.121. The molecule has 5 nitrogen and oxygen atoms in total. The van der Waals surface area contributed by atoms with Crippen molar-refractivity contribution in [1.82, 2.24) is 5.32 Å². The van der Waals surface area contributed by atoms with Gasteiger partial charge in [0.05, 0.1) is 18.7 Å². The minimum absolute atomic E-state index is 0.0928. The molecule has 3 rings (SSSR count). The SMILES string of the molecule is O=C(CCc1ccccc1F)NCc1ccc2c(c1)NC(=O)CCO2. The van der Waals surface area contributed by atoms with Crippen molar-refractivity contribution < 1.29 is 18.7 Å². The number of hydrogen-bond donors (Lipinski definition) is 2. The third kappa shape index (κ3) is 4.56. The van der Waals surface area contributed by atoms with Gasteiger partial charge in [-0.05, 0) is 35.7 Å². The Labute approximate surface area is 145 Å². The number of nitrogens with one attached hydrogen (secondary N) is 2. The van der Waals surface area contributed by atoms with Gasteiger partial charge in [-0.2, -0.15) is 0 Å². The first-order chi connectivity index (χ1) is 12.1. The van der Waals surface area contributed by atoms with E-state index < -0.39 is 0 Å². The van der Waals surface area contributed by atoms with Crippen LogP contribution in [0.1, 0.15) is 24.0 Å². The van der Waals surface area contributed by atoms with E-state index in [1.54, 1.807) is 30.3 Å². The van der Waals surface area contributed by atoms with Gasteiger partial charge in [0.25, 0.3) is 0 Å². The zero-order valence-corrected chi connectivity index (χ0v) is 13.7. The number of fused-ring (bicyclic) bond motifs is 1. The van der Waals surface area contributed by atoms with Crippen molar-refractivity contribution in [3.8, 4) is 5.75 Å². The highest BCUT2D eigenvalue weighted by molar-refractivity contribution is 5.93. The molecule has 2 aromatic rings. The first-order valence-electron chi connectivity index (χ1n) is 8.17. The molecule has 130 valence electrons. The van der Waals surface area contributed by atoms with Crippen LogP contribution >= 0.6 is 0 Å². The number of amides is 2. The van der Waals surface area contributed by atoms with Crippen molar-refractivity contribution >= 4 is 17.5 Å². The highest BCUT2D eigenvalue weighted by atomic mass is 19.1. The van der Waals surface area contributed by atoms with Crippen LogP contribution in [-0.4, -0.2) is 18.4 Å². The Bertz CT molecular complexity index is 792. The van der Waals surface area contributed by atoms with Crippen LogP contribution in [0.25, 0.3) is 0 Å².